The summed E-state index contributed by atoms with van der Waals surface area (Å²) < 4.78 is 0. The van der Waals surface area contributed by atoms with Gasteiger partial charge in [-0.3, -0.25) is 0 Å². The summed E-state index contributed by atoms with van der Waals surface area (Å²) in [4.78, 5) is 2.06. The van der Waals surface area contributed by atoms with E-state index in [1.165, 1.54) is 33.4 Å². The molecule has 30 heavy (non-hydrogen) atoms. The molecule has 0 amide bonds. The zero-order valence-electron chi connectivity index (χ0n) is 19.5. The van der Waals surface area contributed by atoms with Gasteiger partial charge in [-0.05, 0) is 99.2 Å². The van der Waals surface area contributed by atoms with Gasteiger partial charge in [0.1, 0.15) is 5.76 Å². The summed E-state index contributed by atoms with van der Waals surface area (Å²) in [5.41, 5.74) is 12.3. The first-order valence-electron chi connectivity index (χ1n) is 10.5. The minimum atomic E-state index is 0.324. The molecular formula is C28H33NO. The van der Waals surface area contributed by atoms with Gasteiger partial charge in [0.15, 0.2) is 0 Å². The van der Waals surface area contributed by atoms with Gasteiger partial charge in [-0.15, -0.1) is 0 Å². The second-order valence-corrected chi connectivity index (χ2v) is 8.71. The lowest BCUT2D eigenvalue weighted by atomic mass is 9.83. The molecular weight excluding hydrogens is 366 g/mol. The van der Waals surface area contributed by atoms with E-state index in [0.717, 1.165) is 28.0 Å². The van der Waals surface area contributed by atoms with Gasteiger partial charge in [-0.25, -0.2) is 0 Å². The van der Waals surface area contributed by atoms with Gasteiger partial charge in [0.2, 0.25) is 0 Å². The highest BCUT2D eigenvalue weighted by molar-refractivity contribution is 5.99. The molecule has 0 aliphatic rings. The molecule has 3 aromatic carbocycles. The Morgan fingerprint density at radius 2 is 1.00 bits per heavy atom. The van der Waals surface area contributed by atoms with Crippen molar-refractivity contribution in [2.45, 2.75) is 41.5 Å². The average Bonchev–Trinajstić information content (AvgIpc) is 2.64. The maximum atomic E-state index is 11.6. The SMILES string of the molecule is Cc1cc(C)c(C(=C(O)c2ccc(N(C)C)cc2)c2c(C)cc(C)cc2C)c(C)c1. The van der Waals surface area contributed by atoms with Crippen molar-refractivity contribution in [1.29, 1.82) is 0 Å². The molecule has 0 spiro atoms. The summed E-state index contributed by atoms with van der Waals surface area (Å²) in [5, 5.41) is 11.6. The number of aliphatic hydroxyl groups excluding tert-OH is 1. The second-order valence-electron chi connectivity index (χ2n) is 8.71. The highest BCUT2D eigenvalue weighted by atomic mass is 16.3. The summed E-state index contributed by atoms with van der Waals surface area (Å²) >= 11 is 0. The maximum absolute atomic E-state index is 11.6. The molecule has 3 rings (SSSR count). The van der Waals surface area contributed by atoms with Crippen molar-refractivity contribution in [3.63, 3.8) is 0 Å². The lowest BCUT2D eigenvalue weighted by Gasteiger charge is -2.22. The van der Waals surface area contributed by atoms with Crippen molar-refractivity contribution >= 4 is 17.0 Å². The number of benzene rings is 3. The normalized spacial score (nSPS) is 10.8. The highest BCUT2D eigenvalue weighted by Crippen LogP contribution is 2.38. The molecule has 1 N–H and O–H groups in total. The van der Waals surface area contributed by atoms with Crippen LogP contribution < -0.4 is 4.90 Å². The Hall–Kier alpha value is -3.00. The second kappa shape index (κ2) is 8.39. The highest BCUT2D eigenvalue weighted by Gasteiger charge is 2.21. The third-order valence-corrected chi connectivity index (χ3v) is 5.75. The van der Waals surface area contributed by atoms with Crippen LogP contribution >= 0.6 is 0 Å². The zero-order valence-corrected chi connectivity index (χ0v) is 19.5. The van der Waals surface area contributed by atoms with Crippen LogP contribution in [0.15, 0.2) is 48.5 Å². The molecule has 0 aliphatic carbocycles. The Labute approximate surface area is 181 Å². The number of aryl methyl sites for hydroxylation is 6. The van der Waals surface area contributed by atoms with E-state index in [1.807, 2.05) is 38.4 Å². The zero-order chi connectivity index (χ0) is 22.2. The van der Waals surface area contributed by atoms with Crippen LogP contribution in [0.1, 0.15) is 50.1 Å². The molecule has 2 nitrogen and oxygen atoms in total. The quantitative estimate of drug-likeness (QED) is 0.374. The van der Waals surface area contributed by atoms with Crippen molar-refractivity contribution in [2.75, 3.05) is 19.0 Å². The lowest BCUT2D eigenvalue weighted by molar-refractivity contribution is 0.513. The Morgan fingerprint density at radius 3 is 1.33 bits per heavy atom. The van der Waals surface area contributed by atoms with Gasteiger partial charge in [-0.2, -0.15) is 0 Å². The van der Waals surface area contributed by atoms with E-state index in [1.54, 1.807) is 0 Å². The van der Waals surface area contributed by atoms with Gasteiger partial charge in [-0.1, -0.05) is 35.4 Å². The van der Waals surface area contributed by atoms with Crippen LogP contribution in [0.3, 0.4) is 0 Å². The minimum Gasteiger partial charge on any atom is -0.507 e. The van der Waals surface area contributed by atoms with Crippen LogP contribution in [0.2, 0.25) is 0 Å². The van der Waals surface area contributed by atoms with E-state index in [4.69, 9.17) is 0 Å². The van der Waals surface area contributed by atoms with Crippen LogP contribution in [0, 0.1) is 41.5 Å². The standard InChI is InChI=1S/C28H33NO/c1-17-13-19(3)25(20(4)14-17)27(26-21(5)15-18(2)16-22(26)6)28(30)23-9-11-24(12-10-23)29(7)8/h9-16,30H,1-8H3. The van der Waals surface area contributed by atoms with Crippen LogP contribution in [-0.4, -0.2) is 19.2 Å². The lowest BCUT2D eigenvalue weighted by Crippen LogP contribution is -2.08. The van der Waals surface area contributed by atoms with Gasteiger partial charge in [0, 0.05) is 30.9 Å². The average molecular weight is 400 g/mol. The fourth-order valence-corrected chi connectivity index (χ4v) is 4.57. The summed E-state index contributed by atoms with van der Waals surface area (Å²) in [6, 6.07) is 16.9. The van der Waals surface area contributed by atoms with Crippen LogP contribution in [0.4, 0.5) is 5.69 Å². The van der Waals surface area contributed by atoms with E-state index >= 15 is 0 Å². The number of rotatable bonds is 4. The van der Waals surface area contributed by atoms with Crippen molar-refractivity contribution in [2.24, 2.45) is 0 Å². The molecule has 0 atom stereocenters. The molecule has 0 saturated carbocycles. The molecule has 0 heterocycles. The Kier molecular flexibility index (Phi) is 6.07. The summed E-state index contributed by atoms with van der Waals surface area (Å²) in [7, 11) is 4.04. The summed E-state index contributed by atoms with van der Waals surface area (Å²) in [5.74, 6) is 0.324. The number of aliphatic hydroxyl groups is 1. The number of nitrogens with zero attached hydrogens (tertiary/aromatic N) is 1. The van der Waals surface area contributed by atoms with Crippen molar-refractivity contribution < 1.29 is 5.11 Å². The Morgan fingerprint density at radius 1 is 0.633 bits per heavy atom. The number of hydrogen-bond donors (Lipinski definition) is 1. The molecule has 0 saturated heterocycles. The van der Waals surface area contributed by atoms with E-state index in [2.05, 4.69) is 70.7 Å². The predicted octanol–water partition coefficient (Wildman–Crippen LogP) is 7.08. The molecule has 0 fully saturated rings. The number of hydrogen-bond acceptors (Lipinski definition) is 2. The van der Waals surface area contributed by atoms with E-state index < -0.39 is 0 Å². The fourth-order valence-electron chi connectivity index (χ4n) is 4.57. The molecule has 0 radical (unpaired) electrons. The molecule has 156 valence electrons. The van der Waals surface area contributed by atoms with Crippen molar-refractivity contribution in [3.05, 3.63) is 98.6 Å². The first-order valence-corrected chi connectivity index (χ1v) is 10.5. The molecule has 2 heteroatoms. The third-order valence-electron chi connectivity index (χ3n) is 5.75. The fraction of sp³-hybridized carbons (Fsp3) is 0.286. The van der Waals surface area contributed by atoms with Crippen molar-refractivity contribution in [3.8, 4) is 0 Å². The molecule has 0 aromatic heterocycles. The molecule has 0 aliphatic heterocycles. The number of anilines is 1. The third kappa shape index (κ3) is 4.14. The summed E-state index contributed by atoms with van der Waals surface area (Å²) in [6.07, 6.45) is 0. The van der Waals surface area contributed by atoms with Gasteiger partial charge in [0.05, 0.1) is 0 Å². The Balaban J connectivity index is 2.38. The first-order chi connectivity index (χ1) is 14.1. The molecule has 3 aromatic rings. The molecule has 0 unspecified atom stereocenters. The Bertz CT molecular complexity index is 1010. The van der Waals surface area contributed by atoms with Gasteiger partial charge in [0.25, 0.3) is 0 Å². The predicted molar refractivity (Wildman–Crippen MR) is 131 cm³/mol. The van der Waals surface area contributed by atoms with E-state index in [9.17, 15) is 5.11 Å². The van der Waals surface area contributed by atoms with Crippen LogP contribution in [-0.2, 0) is 0 Å². The largest absolute Gasteiger partial charge is 0.507 e. The molecule has 0 bridgehead atoms. The summed E-state index contributed by atoms with van der Waals surface area (Å²) in [6.45, 7) is 12.8. The minimum absolute atomic E-state index is 0.324. The monoisotopic (exact) mass is 399 g/mol. The van der Waals surface area contributed by atoms with Crippen LogP contribution in [0.25, 0.3) is 11.3 Å². The topological polar surface area (TPSA) is 23.5 Å². The first kappa shape index (κ1) is 21.7. The van der Waals surface area contributed by atoms with Crippen LogP contribution in [0.5, 0.6) is 0 Å². The maximum Gasteiger partial charge on any atom is 0.131 e. The van der Waals surface area contributed by atoms with Gasteiger partial charge < -0.3 is 10.0 Å². The van der Waals surface area contributed by atoms with E-state index in [0.29, 0.717) is 5.76 Å². The van der Waals surface area contributed by atoms with Gasteiger partial charge >= 0.3 is 0 Å². The smallest absolute Gasteiger partial charge is 0.131 e. The van der Waals surface area contributed by atoms with E-state index in [-0.39, 0.29) is 0 Å². The van der Waals surface area contributed by atoms with Crippen molar-refractivity contribution in [1.82, 2.24) is 0 Å².